The molecular formula is C19H19ClN6O3. The minimum absolute atomic E-state index is 0.0731. The van der Waals surface area contributed by atoms with Crippen molar-refractivity contribution in [2.75, 3.05) is 0 Å². The molecule has 9 nitrogen and oxygen atoms in total. The monoisotopic (exact) mass is 414 g/mol. The number of hydrogen-bond donors (Lipinski definition) is 2. The molecule has 0 saturated carbocycles. The molecule has 150 valence electrons. The molecule has 0 unspecified atom stereocenters. The number of hydrogen-bond acceptors (Lipinski definition) is 5. The predicted octanol–water partition coefficient (Wildman–Crippen LogP) is 1.47. The average molecular weight is 415 g/mol. The van der Waals surface area contributed by atoms with Crippen molar-refractivity contribution in [1.82, 2.24) is 30.4 Å². The van der Waals surface area contributed by atoms with Crippen LogP contribution in [0.5, 0.6) is 0 Å². The predicted molar refractivity (Wildman–Crippen MR) is 107 cm³/mol. The lowest BCUT2D eigenvalue weighted by Crippen LogP contribution is -2.45. The Balaban J connectivity index is 1.74. The summed E-state index contributed by atoms with van der Waals surface area (Å²) in [5, 5.41) is 8.86. The molecule has 1 aromatic carbocycles. The summed E-state index contributed by atoms with van der Waals surface area (Å²) in [6.07, 6.45) is 0. The van der Waals surface area contributed by atoms with Gasteiger partial charge in [-0.3, -0.25) is 29.9 Å². The Bertz CT molecular complexity index is 1130. The zero-order valence-corrected chi connectivity index (χ0v) is 16.8. The van der Waals surface area contributed by atoms with E-state index in [9.17, 15) is 14.4 Å². The second-order valence-electron chi connectivity index (χ2n) is 6.47. The van der Waals surface area contributed by atoms with Crippen LogP contribution in [-0.4, -0.2) is 31.4 Å². The van der Waals surface area contributed by atoms with Gasteiger partial charge in [0.05, 0.1) is 11.4 Å². The largest absolute Gasteiger partial charge is 0.294 e. The van der Waals surface area contributed by atoms with Crippen LogP contribution in [0.25, 0.3) is 5.69 Å². The van der Waals surface area contributed by atoms with Gasteiger partial charge in [0, 0.05) is 22.5 Å². The molecule has 3 rings (SSSR count). The maximum atomic E-state index is 12.4. The van der Waals surface area contributed by atoms with E-state index in [-0.39, 0.29) is 12.2 Å². The molecule has 29 heavy (non-hydrogen) atoms. The number of amides is 2. The topological polar surface area (TPSA) is 111 Å². The van der Waals surface area contributed by atoms with Gasteiger partial charge in [0.1, 0.15) is 6.54 Å². The van der Waals surface area contributed by atoms with Crippen molar-refractivity contribution in [2.45, 2.75) is 27.3 Å². The number of benzene rings is 1. The van der Waals surface area contributed by atoms with Gasteiger partial charge in [0.25, 0.3) is 11.8 Å². The van der Waals surface area contributed by atoms with Crippen LogP contribution in [0.3, 0.4) is 0 Å². The molecule has 0 saturated heterocycles. The number of nitrogens with one attached hydrogen (secondary N) is 2. The highest BCUT2D eigenvalue weighted by atomic mass is 35.5. The van der Waals surface area contributed by atoms with E-state index >= 15 is 0 Å². The molecule has 0 bridgehead atoms. The summed E-state index contributed by atoms with van der Waals surface area (Å²) in [5.74, 6) is -1.31. The molecule has 0 aliphatic carbocycles. The number of aryl methyl sites for hydroxylation is 3. The van der Waals surface area contributed by atoms with E-state index in [0.717, 1.165) is 11.4 Å². The normalized spacial score (nSPS) is 10.6. The summed E-state index contributed by atoms with van der Waals surface area (Å²) in [6.45, 7) is 5.26. The molecule has 0 fully saturated rings. The van der Waals surface area contributed by atoms with Crippen molar-refractivity contribution in [3.8, 4) is 5.69 Å². The molecule has 2 N–H and O–H groups in total. The molecule has 0 spiro atoms. The van der Waals surface area contributed by atoms with Crippen LogP contribution >= 0.6 is 11.6 Å². The highest BCUT2D eigenvalue weighted by molar-refractivity contribution is 6.30. The van der Waals surface area contributed by atoms with E-state index in [1.54, 1.807) is 31.2 Å². The first-order chi connectivity index (χ1) is 13.7. The Morgan fingerprint density at radius 3 is 2.31 bits per heavy atom. The number of hydrazine groups is 1. The van der Waals surface area contributed by atoms with Crippen LogP contribution < -0.4 is 16.3 Å². The van der Waals surface area contributed by atoms with Gasteiger partial charge in [-0.1, -0.05) is 11.6 Å². The number of halogens is 1. The second-order valence-corrected chi connectivity index (χ2v) is 6.91. The number of rotatable bonds is 4. The van der Waals surface area contributed by atoms with Crippen LogP contribution in [0.4, 0.5) is 0 Å². The zero-order valence-electron chi connectivity index (χ0n) is 16.1. The quantitative estimate of drug-likeness (QED) is 0.628. The number of nitrogens with zero attached hydrogens (tertiary/aromatic N) is 4. The maximum Gasteiger partial charge on any atom is 0.294 e. The van der Waals surface area contributed by atoms with E-state index < -0.39 is 17.2 Å². The van der Waals surface area contributed by atoms with Gasteiger partial charge in [-0.15, -0.1) is 0 Å². The molecule has 2 aromatic heterocycles. The SMILES string of the molecule is Cc1cc(C)n(CC(=O)NNC(=O)c2nn(-c3ccc(Cl)cc3)c(C)cc2=O)n1. The third-order valence-electron chi connectivity index (χ3n) is 4.11. The van der Waals surface area contributed by atoms with Gasteiger partial charge in [0.15, 0.2) is 5.69 Å². The Morgan fingerprint density at radius 2 is 1.69 bits per heavy atom. The molecule has 2 amide bonds. The number of carbonyl (C=O) groups is 2. The van der Waals surface area contributed by atoms with E-state index in [4.69, 9.17) is 11.6 Å². The Kier molecular flexibility index (Phi) is 5.79. The van der Waals surface area contributed by atoms with Crippen LogP contribution in [0.15, 0.2) is 41.2 Å². The lowest BCUT2D eigenvalue weighted by atomic mass is 10.3. The van der Waals surface area contributed by atoms with E-state index in [1.165, 1.54) is 15.4 Å². The molecule has 0 radical (unpaired) electrons. The zero-order chi connectivity index (χ0) is 21.1. The summed E-state index contributed by atoms with van der Waals surface area (Å²) in [4.78, 5) is 36.7. The highest BCUT2D eigenvalue weighted by Crippen LogP contribution is 2.13. The highest BCUT2D eigenvalue weighted by Gasteiger charge is 2.16. The number of aromatic nitrogens is 4. The smallest absolute Gasteiger partial charge is 0.287 e. The Morgan fingerprint density at radius 1 is 1.00 bits per heavy atom. The Hall–Kier alpha value is -3.46. The first-order valence-corrected chi connectivity index (χ1v) is 9.09. The second kappa shape index (κ2) is 8.27. The summed E-state index contributed by atoms with van der Waals surface area (Å²) in [5.41, 5.74) is 6.35. The molecular weight excluding hydrogens is 396 g/mol. The standard InChI is InChI=1S/C19H19ClN6O3/c1-11-8-12(2)25(23-11)10-17(28)21-22-19(29)18-16(27)9-13(3)26(24-18)15-6-4-14(20)5-7-15/h4-9H,10H2,1-3H3,(H,21,28)(H,22,29). The molecule has 0 atom stereocenters. The summed E-state index contributed by atoms with van der Waals surface area (Å²) >= 11 is 5.90. The van der Waals surface area contributed by atoms with Gasteiger partial charge in [-0.05, 0) is 51.1 Å². The summed E-state index contributed by atoms with van der Waals surface area (Å²) in [7, 11) is 0. The maximum absolute atomic E-state index is 12.4. The van der Waals surface area contributed by atoms with Gasteiger partial charge in [-0.2, -0.15) is 10.2 Å². The first-order valence-electron chi connectivity index (χ1n) is 8.72. The van der Waals surface area contributed by atoms with Crippen molar-refractivity contribution in [3.63, 3.8) is 0 Å². The van der Waals surface area contributed by atoms with Crippen molar-refractivity contribution in [1.29, 1.82) is 0 Å². The van der Waals surface area contributed by atoms with Crippen molar-refractivity contribution >= 4 is 23.4 Å². The summed E-state index contributed by atoms with van der Waals surface area (Å²) in [6, 6.07) is 9.91. The van der Waals surface area contributed by atoms with Crippen LogP contribution in [0.2, 0.25) is 5.02 Å². The van der Waals surface area contributed by atoms with Crippen molar-refractivity contribution in [2.24, 2.45) is 0 Å². The van der Waals surface area contributed by atoms with Gasteiger partial charge in [-0.25, -0.2) is 4.68 Å². The minimum Gasteiger partial charge on any atom is -0.287 e. The van der Waals surface area contributed by atoms with E-state index in [1.807, 2.05) is 19.9 Å². The minimum atomic E-state index is -0.820. The third kappa shape index (κ3) is 4.69. The Labute approximate surface area is 171 Å². The molecule has 2 heterocycles. The van der Waals surface area contributed by atoms with Crippen molar-refractivity contribution < 1.29 is 9.59 Å². The van der Waals surface area contributed by atoms with Gasteiger partial charge in [0.2, 0.25) is 5.43 Å². The summed E-state index contributed by atoms with van der Waals surface area (Å²) < 4.78 is 2.96. The van der Waals surface area contributed by atoms with Gasteiger partial charge >= 0.3 is 0 Å². The first kappa shape index (κ1) is 20.3. The molecule has 3 aromatic rings. The fourth-order valence-corrected chi connectivity index (χ4v) is 2.87. The van der Waals surface area contributed by atoms with Crippen LogP contribution in [-0.2, 0) is 11.3 Å². The van der Waals surface area contributed by atoms with Gasteiger partial charge < -0.3 is 0 Å². The lowest BCUT2D eigenvalue weighted by Gasteiger charge is -2.12. The van der Waals surface area contributed by atoms with Crippen molar-refractivity contribution in [3.05, 3.63) is 74.4 Å². The number of carbonyl (C=O) groups excluding carboxylic acids is 2. The third-order valence-corrected chi connectivity index (χ3v) is 4.36. The molecule has 10 heteroatoms. The van der Waals surface area contributed by atoms with E-state index in [0.29, 0.717) is 16.4 Å². The average Bonchev–Trinajstić information content (AvgIpc) is 2.97. The molecule has 0 aliphatic heterocycles. The fourth-order valence-electron chi connectivity index (χ4n) is 2.74. The lowest BCUT2D eigenvalue weighted by molar-refractivity contribution is -0.122. The molecule has 0 aliphatic rings. The van der Waals surface area contributed by atoms with E-state index in [2.05, 4.69) is 21.0 Å². The fraction of sp³-hybridized carbons (Fsp3) is 0.211. The van der Waals surface area contributed by atoms with Crippen LogP contribution in [0, 0.1) is 20.8 Å². The van der Waals surface area contributed by atoms with Crippen LogP contribution in [0.1, 0.15) is 27.6 Å².